The number of piperidine rings is 1. The highest BCUT2D eigenvalue weighted by atomic mass is 16.2. The molecule has 3 heterocycles. The van der Waals surface area contributed by atoms with Crippen LogP contribution in [0.15, 0.2) is 36.4 Å². The van der Waals surface area contributed by atoms with E-state index in [-0.39, 0.29) is 23.6 Å². The van der Waals surface area contributed by atoms with Gasteiger partial charge in [-0.3, -0.25) is 14.4 Å². The van der Waals surface area contributed by atoms with E-state index in [9.17, 15) is 14.4 Å². The van der Waals surface area contributed by atoms with Gasteiger partial charge in [-0.05, 0) is 62.1 Å². The zero-order chi connectivity index (χ0) is 21.3. The lowest BCUT2D eigenvalue weighted by molar-refractivity contribution is -0.121. The molecule has 0 saturated carbocycles. The first-order valence-electron chi connectivity index (χ1n) is 10.4. The van der Waals surface area contributed by atoms with Gasteiger partial charge in [0.25, 0.3) is 5.91 Å². The van der Waals surface area contributed by atoms with E-state index in [1.807, 2.05) is 31.2 Å². The van der Waals surface area contributed by atoms with Gasteiger partial charge in [0, 0.05) is 43.5 Å². The molecule has 3 amide bonds. The number of aryl methyl sites for hydroxylation is 1. The van der Waals surface area contributed by atoms with Crippen molar-refractivity contribution in [2.24, 2.45) is 5.92 Å². The van der Waals surface area contributed by atoms with Crippen LogP contribution in [0.5, 0.6) is 0 Å². The maximum absolute atomic E-state index is 13.1. The van der Waals surface area contributed by atoms with Crippen molar-refractivity contribution in [2.75, 3.05) is 29.9 Å². The van der Waals surface area contributed by atoms with Gasteiger partial charge in [0.1, 0.15) is 5.82 Å². The SMILES string of the molecule is CC(=O)N1CCc2cc(C(=O)N3CCCC(C(=O)Nc4cccc(C)n4)C3)ccc21. The molecule has 7 heteroatoms. The number of carbonyl (C=O) groups excluding carboxylic acids is 3. The highest BCUT2D eigenvalue weighted by molar-refractivity contribution is 5.98. The number of fused-ring (bicyclic) bond motifs is 1. The van der Waals surface area contributed by atoms with Crippen molar-refractivity contribution in [2.45, 2.75) is 33.1 Å². The van der Waals surface area contributed by atoms with Crippen LogP contribution in [0.25, 0.3) is 0 Å². The fourth-order valence-corrected chi connectivity index (χ4v) is 4.26. The summed E-state index contributed by atoms with van der Waals surface area (Å²) in [5.41, 5.74) is 3.36. The van der Waals surface area contributed by atoms with Crippen LogP contribution in [-0.2, 0) is 16.0 Å². The minimum Gasteiger partial charge on any atom is -0.338 e. The highest BCUT2D eigenvalue weighted by Crippen LogP contribution is 2.30. The fourth-order valence-electron chi connectivity index (χ4n) is 4.26. The van der Waals surface area contributed by atoms with E-state index in [4.69, 9.17) is 0 Å². The molecule has 1 saturated heterocycles. The lowest BCUT2D eigenvalue weighted by Crippen LogP contribution is -2.43. The summed E-state index contributed by atoms with van der Waals surface area (Å²) < 4.78 is 0. The number of nitrogens with one attached hydrogen (secondary N) is 1. The molecule has 1 N–H and O–H groups in total. The van der Waals surface area contributed by atoms with Crippen molar-refractivity contribution in [3.05, 3.63) is 53.2 Å². The number of likely N-dealkylation sites (tertiary alicyclic amines) is 1. The van der Waals surface area contributed by atoms with Gasteiger partial charge in [0.15, 0.2) is 0 Å². The van der Waals surface area contributed by atoms with Crippen molar-refractivity contribution in [1.29, 1.82) is 0 Å². The fraction of sp³-hybridized carbons (Fsp3) is 0.391. The lowest BCUT2D eigenvalue weighted by Gasteiger charge is -2.32. The Hall–Kier alpha value is -3.22. The summed E-state index contributed by atoms with van der Waals surface area (Å²) in [6, 6.07) is 11.0. The summed E-state index contributed by atoms with van der Waals surface area (Å²) in [5.74, 6) is 0.132. The van der Waals surface area contributed by atoms with Crippen molar-refractivity contribution >= 4 is 29.2 Å². The van der Waals surface area contributed by atoms with E-state index in [0.717, 1.165) is 36.2 Å². The molecule has 2 aromatic rings. The van der Waals surface area contributed by atoms with E-state index in [1.165, 1.54) is 0 Å². The molecular weight excluding hydrogens is 380 g/mol. The van der Waals surface area contributed by atoms with E-state index in [0.29, 0.717) is 31.0 Å². The van der Waals surface area contributed by atoms with Gasteiger partial charge in [-0.1, -0.05) is 6.07 Å². The molecule has 1 aromatic carbocycles. The van der Waals surface area contributed by atoms with Crippen LogP contribution in [0.1, 0.15) is 41.4 Å². The van der Waals surface area contributed by atoms with Crippen LogP contribution in [0.4, 0.5) is 11.5 Å². The number of rotatable bonds is 3. The average molecular weight is 406 g/mol. The first-order chi connectivity index (χ1) is 14.4. The molecule has 30 heavy (non-hydrogen) atoms. The normalized spacial score (nSPS) is 18.1. The zero-order valence-electron chi connectivity index (χ0n) is 17.4. The van der Waals surface area contributed by atoms with Gasteiger partial charge < -0.3 is 15.1 Å². The Kier molecular flexibility index (Phi) is 5.53. The Balaban J connectivity index is 1.44. The number of hydrogen-bond acceptors (Lipinski definition) is 4. The molecule has 7 nitrogen and oxygen atoms in total. The molecule has 0 spiro atoms. The quantitative estimate of drug-likeness (QED) is 0.850. The van der Waals surface area contributed by atoms with Gasteiger partial charge in [-0.15, -0.1) is 0 Å². The first kappa shape index (κ1) is 20.1. The highest BCUT2D eigenvalue weighted by Gasteiger charge is 2.30. The van der Waals surface area contributed by atoms with Crippen LogP contribution in [0.2, 0.25) is 0 Å². The Bertz CT molecular complexity index is 1000. The molecule has 156 valence electrons. The molecule has 2 aliphatic rings. The van der Waals surface area contributed by atoms with Crippen LogP contribution in [0, 0.1) is 12.8 Å². The third-order valence-electron chi connectivity index (χ3n) is 5.82. The molecular formula is C23H26N4O3. The molecule has 1 unspecified atom stereocenters. The van der Waals surface area contributed by atoms with Crippen LogP contribution >= 0.6 is 0 Å². The second-order valence-electron chi connectivity index (χ2n) is 8.01. The van der Waals surface area contributed by atoms with Gasteiger partial charge >= 0.3 is 0 Å². The first-order valence-corrected chi connectivity index (χ1v) is 10.4. The monoisotopic (exact) mass is 406 g/mol. The van der Waals surface area contributed by atoms with E-state index in [1.54, 1.807) is 28.9 Å². The molecule has 1 atom stereocenters. The van der Waals surface area contributed by atoms with Crippen molar-refractivity contribution in [3.63, 3.8) is 0 Å². The van der Waals surface area contributed by atoms with Crippen LogP contribution in [0.3, 0.4) is 0 Å². The van der Waals surface area contributed by atoms with E-state index in [2.05, 4.69) is 10.3 Å². The molecule has 0 aliphatic carbocycles. The number of nitrogens with zero attached hydrogens (tertiary/aromatic N) is 3. The minimum absolute atomic E-state index is 0.0146. The summed E-state index contributed by atoms with van der Waals surface area (Å²) in [7, 11) is 0. The van der Waals surface area contributed by atoms with Gasteiger partial charge in [-0.25, -0.2) is 4.98 Å². The predicted molar refractivity (Wildman–Crippen MR) is 114 cm³/mol. The Morgan fingerprint density at radius 3 is 2.73 bits per heavy atom. The van der Waals surface area contributed by atoms with E-state index < -0.39 is 0 Å². The third kappa shape index (κ3) is 4.06. The van der Waals surface area contributed by atoms with E-state index >= 15 is 0 Å². The second kappa shape index (κ2) is 8.26. The number of pyridine rings is 1. The molecule has 1 fully saturated rings. The number of anilines is 2. The third-order valence-corrected chi connectivity index (χ3v) is 5.82. The van der Waals surface area contributed by atoms with Crippen molar-refractivity contribution in [1.82, 2.24) is 9.88 Å². The molecule has 0 bridgehead atoms. The maximum atomic E-state index is 13.1. The van der Waals surface area contributed by atoms with Crippen LogP contribution < -0.4 is 10.2 Å². The van der Waals surface area contributed by atoms with Gasteiger partial charge in [-0.2, -0.15) is 0 Å². The molecule has 4 rings (SSSR count). The van der Waals surface area contributed by atoms with Crippen molar-refractivity contribution in [3.8, 4) is 0 Å². The summed E-state index contributed by atoms with van der Waals surface area (Å²) >= 11 is 0. The lowest BCUT2D eigenvalue weighted by atomic mass is 9.96. The Morgan fingerprint density at radius 1 is 1.13 bits per heavy atom. The predicted octanol–water partition coefficient (Wildman–Crippen LogP) is 2.79. The summed E-state index contributed by atoms with van der Waals surface area (Å²) in [4.78, 5) is 45.4. The minimum atomic E-state index is -0.257. The number of aromatic nitrogens is 1. The Morgan fingerprint density at radius 2 is 1.97 bits per heavy atom. The summed E-state index contributed by atoms with van der Waals surface area (Å²) in [6.07, 6.45) is 2.29. The van der Waals surface area contributed by atoms with Gasteiger partial charge in [0.2, 0.25) is 11.8 Å². The topological polar surface area (TPSA) is 82.6 Å². The summed E-state index contributed by atoms with van der Waals surface area (Å²) in [5, 5.41) is 2.88. The standard InChI is InChI=1S/C23H26N4O3/c1-15-5-3-7-21(24-15)25-22(29)19-6-4-11-26(14-19)23(30)18-8-9-20-17(13-18)10-12-27(20)16(2)28/h3,5,7-9,13,19H,4,6,10-12,14H2,1-2H3,(H,24,25,29). The molecule has 0 radical (unpaired) electrons. The van der Waals surface area contributed by atoms with Gasteiger partial charge in [0.05, 0.1) is 5.92 Å². The number of benzene rings is 1. The summed E-state index contributed by atoms with van der Waals surface area (Å²) in [6.45, 7) is 5.12. The number of hydrogen-bond donors (Lipinski definition) is 1. The van der Waals surface area contributed by atoms with Crippen LogP contribution in [-0.4, -0.2) is 47.2 Å². The number of carbonyl (C=O) groups is 3. The zero-order valence-corrected chi connectivity index (χ0v) is 17.4. The smallest absolute Gasteiger partial charge is 0.253 e. The molecule has 2 aliphatic heterocycles. The average Bonchev–Trinajstić information content (AvgIpc) is 3.17. The largest absolute Gasteiger partial charge is 0.338 e. The number of amides is 3. The van der Waals surface area contributed by atoms with Crippen molar-refractivity contribution < 1.29 is 14.4 Å². The maximum Gasteiger partial charge on any atom is 0.253 e. The second-order valence-corrected chi connectivity index (χ2v) is 8.01. The Labute approximate surface area is 176 Å². The molecule has 1 aromatic heterocycles.